The molecule has 7 aromatic carbocycles. The van der Waals surface area contributed by atoms with Gasteiger partial charge in [-0.05, 0) is 101 Å². The van der Waals surface area contributed by atoms with Gasteiger partial charge < -0.3 is 4.90 Å². The molecular weight excluding hydrogens is 839 g/mol. The highest BCUT2D eigenvalue weighted by molar-refractivity contribution is 8.98. The van der Waals surface area contributed by atoms with E-state index in [4.69, 9.17) is 0 Å². The molecule has 0 fully saturated rings. The van der Waals surface area contributed by atoms with Crippen LogP contribution in [0.3, 0.4) is 0 Å². The first kappa shape index (κ1) is 40.0. The van der Waals surface area contributed by atoms with E-state index in [0.29, 0.717) is 0 Å². The average Bonchev–Trinajstić information content (AvgIpc) is 3.81. The van der Waals surface area contributed by atoms with Gasteiger partial charge in [-0.2, -0.15) is 0 Å². The van der Waals surface area contributed by atoms with Gasteiger partial charge in [0.15, 0.2) is 0 Å². The molecular formula is C48H46NP7S. The average molecular weight is 886 g/mol. The van der Waals surface area contributed by atoms with Crippen LogP contribution in [-0.2, 0) is 10.8 Å². The van der Waals surface area contributed by atoms with Crippen molar-refractivity contribution < 1.29 is 0 Å². The summed E-state index contributed by atoms with van der Waals surface area (Å²) in [5.41, 5.74) is 16.7. The fraction of sp³-hybridized carbons (Fsp3) is 0.125. The maximum Gasteiger partial charge on any atom is 0.0543 e. The van der Waals surface area contributed by atoms with E-state index in [0.717, 1.165) is 13.6 Å². The number of anilines is 3. The molecule has 0 bridgehead atoms. The molecule has 9 heteroatoms. The molecule has 1 heterocycles. The highest BCUT2D eigenvalue weighted by Gasteiger charge is 2.40. The van der Waals surface area contributed by atoms with Gasteiger partial charge >= 0.3 is 0 Å². The monoisotopic (exact) mass is 885 g/mol. The lowest BCUT2D eigenvalue weighted by Gasteiger charge is -2.31. The molecule has 0 spiro atoms. The molecule has 8 aromatic rings. The van der Waals surface area contributed by atoms with E-state index in [1.807, 2.05) is 11.3 Å². The van der Waals surface area contributed by atoms with Crippen LogP contribution in [0.5, 0.6) is 0 Å². The number of hydrogen-bond donors (Lipinski definition) is 0. The zero-order chi connectivity index (χ0) is 39.6. The summed E-state index contributed by atoms with van der Waals surface area (Å²) in [4.78, 5) is 2.54. The van der Waals surface area contributed by atoms with Crippen molar-refractivity contribution in [2.75, 3.05) is 4.90 Å². The fourth-order valence-electron chi connectivity index (χ4n) is 9.03. The lowest BCUT2D eigenvalue weighted by Crippen LogP contribution is -2.17. The Kier molecular flexibility index (Phi) is 11.1. The largest absolute Gasteiger partial charge is 0.309 e. The van der Waals surface area contributed by atoms with Crippen molar-refractivity contribution >= 4 is 106 Å². The van der Waals surface area contributed by atoms with E-state index < -0.39 is 0 Å². The molecule has 0 N–H and O–H groups in total. The Hall–Kier alpha value is -2.43. The lowest BCUT2D eigenvalue weighted by atomic mass is 9.82. The highest BCUT2D eigenvalue weighted by atomic mass is 33.0. The predicted octanol–water partition coefficient (Wildman–Crippen LogP) is 17.4. The Balaban J connectivity index is 0.000000556. The minimum absolute atomic E-state index is 0.0881. The molecule has 6 unspecified atom stereocenters. The molecule has 57 heavy (non-hydrogen) atoms. The predicted molar refractivity (Wildman–Crippen MR) is 276 cm³/mol. The van der Waals surface area contributed by atoms with Crippen LogP contribution in [0.25, 0.3) is 53.6 Å². The molecule has 2 aliphatic rings. The molecule has 2 aliphatic carbocycles. The van der Waals surface area contributed by atoms with Crippen LogP contribution in [-0.4, -0.2) is 0 Å². The van der Waals surface area contributed by atoms with Gasteiger partial charge in [0, 0.05) is 47.8 Å². The molecule has 10 rings (SSSR count). The minimum atomic E-state index is -0.0881. The highest BCUT2D eigenvalue weighted by Crippen LogP contribution is 2.92. The van der Waals surface area contributed by atoms with Crippen LogP contribution < -0.4 is 4.90 Å². The lowest BCUT2D eigenvalue weighted by molar-refractivity contribution is 0.660. The summed E-state index contributed by atoms with van der Waals surface area (Å²) in [6, 6.07) is 56.7. The van der Waals surface area contributed by atoms with E-state index in [2.05, 4.69) is 220 Å². The summed E-state index contributed by atoms with van der Waals surface area (Å²) >= 11 is 1.87. The van der Waals surface area contributed by atoms with Crippen LogP contribution >= 0.6 is 69.0 Å². The number of thiophene rings is 1. The quantitative estimate of drug-likeness (QED) is 0.150. The van der Waals surface area contributed by atoms with Crippen LogP contribution in [0.15, 0.2) is 152 Å². The normalized spacial score (nSPS) is 15.0. The Morgan fingerprint density at radius 2 is 1.00 bits per heavy atom. The van der Waals surface area contributed by atoms with Gasteiger partial charge in [0.1, 0.15) is 0 Å². The van der Waals surface area contributed by atoms with Gasteiger partial charge in [-0.25, -0.2) is 0 Å². The Labute approximate surface area is 354 Å². The van der Waals surface area contributed by atoms with Gasteiger partial charge in [0.25, 0.3) is 0 Å². The van der Waals surface area contributed by atoms with Crippen LogP contribution in [0.1, 0.15) is 49.9 Å². The van der Waals surface area contributed by atoms with Gasteiger partial charge in [-0.3, -0.25) is 0 Å². The van der Waals surface area contributed by atoms with Gasteiger partial charge in [0.2, 0.25) is 0 Å². The topological polar surface area (TPSA) is 3.24 Å². The SMILES string of the molecule is CC1(C)c2ccccc2-c2c(N(c3ccc(-c4ccc5sc6ccccc6c5c4)cc3)c3cccc4c3-c3ccccc3C4(C)C)cccc21.PPP(P)P(P)P. The molecule has 284 valence electrons. The summed E-state index contributed by atoms with van der Waals surface area (Å²) in [6.07, 6.45) is 0. The molecule has 1 aromatic heterocycles. The Morgan fingerprint density at radius 1 is 0.509 bits per heavy atom. The van der Waals surface area contributed by atoms with Crippen molar-refractivity contribution in [1.82, 2.24) is 0 Å². The second-order valence-electron chi connectivity index (χ2n) is 15.8. The van der Waals surface area contributed by atoms with Gasteiger partial charge in [-0.15, -0.1) is 47.1 Å². The molecule has 0 amide bonds. The summed E-state index contributed by atoms with van der Waals surface area (Å²) in [6.45, 7) is 9.92. The third-order valence-electron chi connectivity index (χ3n) is 11.9. The second-order valence-corrected chi connectivity index (χ2v) is 39.1. The van der Waals surface area contributed by atoms with E-state index in [1.54, 1.807) is 0 Å². The van der Waals surface area contributed by atoms with E-state index in [1.165, 1.54) is 87.2 Å². The first-order valence-corrected chi connectivity index (χ1v) is 31.8. The van der Waals surface area contributed by atoms with E-state index >= 15 is 0 Å². The van der Waals surface area contributed by atoms with Crippen LogP contribution in [0, 0.1) is 0 Å². The summed E-state index contributed by atoms with van der Waals surface area (Å²) in [7, 11) is 12.4. The van der Waals surface area contributed by atoms with Crippen molar-refractivity contribution in [3.05, 3.63) is 174 Å². The van der Waals surface area contributed by atoms with Crippen molar-refractivity contribution in [3.8, 4) is 33.4 Å². The second kappa shape index (κ2) is 15.9. The summed E-state index contributed by atoms with van der Waals surface area (Å²) in [5, 5.41) is 2.66. The molecule has 6 atom stereocenters. The number of hydrogen-bond acceptors (Lipinski definition) is 2. The minimum Gasteiger partial charge on any atom is -0.309 e. The zero-order valence-electron chi connectivity index (χ0n) is 32.5. The van der Waals surface area contributed by atoms with Crippen molar-refractivity contribution in [3.63, 3.8) is 0 Å². The van der Waals surface area contributed by atoms with Crippen molar-refractivity contribution in [2.45, 2.75) is 38.5 Å². The summed E-state index contributed by atoms with van der Waals surface area (Å²) in [5.74, 6) is 0. The number of nitrogens with zero attached hydrogens (tertiary/aromatic N) is 1. The maximum absolute atomic E-state index is 2.89. The Morgan fingerprint density at radius 3 is 1.54 bits per heavy atom. The number of fused-ring (bicyclic) bond motifs is 9. The standard InChI is InChI=1S/C48H37NS.H9P7/c1-47(2)37-16-8-5-14-34(37)45-39(47)18-11-20-41(45)49(42-21-12-19-40-46(42)35-15-6-9-17-38(35)48(40,3)4)32-26-23-30(24-27-32)31-25-28-44-36(29-31)33-13-7-10-22-43(33)50-44;1-5-7(4)6(2)3/h5-29H,1-4H3;5H,1-4H2. The van der Waals surface area contributed by atoms with E-state index in [-0.39, 0.29) is 24.8 Å². The van der Waals surface area contributed by atoms with Crippen LogP contribution in [0.4, 0.5) is 17.1 Å². The first-order chi connectivity index (χ1) is 27.5. The Bertz CT molecular complexity index is 2700. The third-order valence-corrected chi connectivity index (χ3v) is 43.5. The van der Waals surface area contributed by atoms with Gasteiger partial charge in [-0.1, -0.05) is 145 Å². The zero-order valence-corrected chi connectivity index (χ0v) is 40.7. The first-order valence-electron chi connectivity index (χ1n) is 19.1. The van der Waals surface area contributed by atoms with Crippen molar-refractivity contribution in [2.24, 2.45) is 0 Å². The van der Waals surface area contributed by atoms with Crippen LogP contribution in [0.2, 0.25) is 0 Å². The molecule has 0 saturated heterocycles. The third kappa shape index (κ3) is 6.91. The molecule has 0 radical (unpaired) electrons. The fourth-order valence-corrected chi connectivity index (χ4v) is 26.2. The van der Waals surface area contributed by atoms with E-state index in [9.17, 15) is 0 Å². The molecule has 0 aliphatic heterocycles. The molecule has 1 nitrogen and oxygen atoms in total. The summed E-state index contributed by atoms with van der Waals surface area (Å²) < 4.78 is 2.67. The smallest absolute Gasteiger partial charge is 0.0543 e. The maximum atomic E-state index is 2.89. The molecule has 0 saturated carbocycles. The van der Waals surface area contributed by atoms with Crippen molar-refractivity contribution in [1.29, 1.82) is 0 Å². The van der Waals surface area contributed by atoms with Gasteiger partial charge in [0.05, 0.1) is 11.4 Å². The number of rotatable bonds is 6. The number of benzene rings is 7.